The Morgan fingerprint density at radius 3 is 2.57 bits per heavy atom. The van der Waals surface area contributed by atoms with Crippen LogP contribution in [0.2, 0.25) is 0 Å². The van der Waals surface area contributed by atoms with E-state index >= 15 is 0 Å². The standard InChI is InChI=1S/C20H19N3O4S/c1-12-9-17(23-19(25)16-7-4-8-27-16)28-18(12)20(26)21-11-14-5-3-6-15(10-14)22-13(2)24/h3-10H,11H2,1-2H3,(H,21,26)(H,22,24)(H,23,25). The van der Waals surface area contributed by atoms with E-state index in [4.69, 9.17) is 4.42 Å². The van der Waals surface area contributed by atoms with Crippen molar-refractivity contribution in [2.45, 2.75) is 20.4 Å². The first-order valence-electron chi connectivity index (χ1n) is 8.52. The van der Waals surface area contributed by atoms with Gasteiger partial charge in [-0.1, -0.05) is 12.1 Å². The maximum absolute atomic E-state index is 12.5. The number of benzene rings is 1. The molecule has 144 valence electrons. The summed E-state index contributed by atoms with van der Waals surface area (Å²) in [6.07, 6.45) is 1.42. The number of amides is 3. The highest BCUT2D eigenvalue weighted by molar-refractivity contribution is 7.18. The smallest absolute Gasteiger partial charge is 0.291 e. The Morgan fingerprint density at radius 2 is 1.86 bits per heavy atom. The Balaban J connectivity index is 1.62. The first-order valence-corrected chi connectivity index (χ1v) is 9.34. The first kappa shape index (κ1) is 19.4. The van der Waals surface area contributed by atoms with Gasteiger partial charge in [0.2, 0.25) is 5.91 Å². The first-order chi connectivity index (χ1) is 13.4. The normalized spacial score (nSPS) is 10.4. The fourth-order valence-corrected chi connectivity index (χ4v) is 3.56. The van der Waals surface area contributed by atoms with Crippen molar-refractivity contribution in [2.24, 2.45) is 0 Å². The van der Waals surface area contributed by atoms with Crippen LogP contribution in [0, 0.1) is 6.92 Å². The van der Waals surface area contributed by atoms with Gasteiger partial charge in [0.25, 0.3) is 11.8 Å². The average molecular weight is 397 g/mol. The molecule has 0 unspecified atom stereocenters. The van der Waals surface area contributed by atoms with Gasteiger partial charge < -0.3 is 20.4 Å². The monoisotopic (exact) mass is 397 g/mol. The number of carbonyl (C=O) groups excluding carboxylic acids is 3. The Labute approximate surface area is 165 Å². The van der Waals surface area contributed by atoms with Gasteiger partial charge in [-0.25, -0.2) is 0 Å². The number of aryl methyl sites for hydroxylation is 1. The third-order valence-electron chi connectivity index (χ3n) is 3.81. The fraction of sp³-hybridized carbons (Fsp3) is 0.150. The molecule has 0 aliphatic carbocycles. The summed E-state index contributed by atoms with van der Waals surface area (Å²) < 4.78 is 5.06. The number of hydrogen-bond acceptors (Lipinski definition) is 5. The molecule has 0 aliphatic rings. The van der Waals surface area contributed by atoms with E-state index in [1.807, 2.05) is 19.1 Å². The van der Waals surface area contributed by atoms with Crippen LogP contribution in [-0.4, -0.2) is 17.7 Å². The maximum Gasteiger partial charge on any atom is 0.291 e. The van der Waals surface area contributed by atoms with E-state index < -0.39 is 0 Å². The zero-order valence-electron chi connectivity index (χ0n) is 15.4. The molecule has 3 amide bonds. The van der Waals surface area contributed by atoms with Crippen molar-refractivity contribution in [3.8, 4) is 0 Å². The highest BCUT2D eigenvalue weighted by Crippen LogP contribution is 2.27. The van der Waals surface area contributed by atoms with Gasteiger partial charge in [-0.3, -0.25) is 14.4 Å². The predicted molar refractivity (Wildman–Crippen MR) is 108 cm³/mol. The quantitative estimate of drug-likeness (QED) is 0.589. The molecule has 0 atom stereocenters. The van der Waals surface area contributed by atoms with Crippen LogP contribution in [0.15, 0.2) is 53.1 Å². The molecule has 2 heterocycles. The molecule has 0 spiro atoms. The summed E-state index contributed by atoms with van der Waals surface area (Å²) in [5, 5.41) is 8.86. The molecule has 0 saturated carbocycles. The summed E-state index contributed by atoms with van der Waals surface area (Å²) in [7, 11) is 0. The topological polar surface area (TPSA) is 100 Å². The number of nitrogens with one attached hydrogen (secondary N) is 3. The number of anilines is 2. The molecular weight excluding hydrogens is 378 g/mol. The van der Waals surface area contributed by atoms with Crippen LogP contribution in [0.3, 0.4) is 0 Å². The largest absolute Gasteiger partial charge is 0.459 e. The Hall–Kier alpha value is -3.39. The molecule has 28 heavy (non-hydrogen) atoms. The van der Waals surface area contributed by atoms with Crippen molar-refractivity contribution in [3.63, 3.8) is 0 Å². The lowest BCUT2D eigenvalue weighted by molar-refractivity contribution is -0.114. The Bertz CT molecular complexity index is 1010. The minimum Gasteiger partial charge on any atom is -0.459 e. The molecule has 3 aromatic rings. The van der Waals surface area contributed by atoms with Gasteiger partial charge in [-0.2, -0.15) is 0 Å². The zero-order chi connectivity index (χ0) is 20.1. The van der Waals surface area contributed by atoms with Crippen molar-refractivity contribution in [1.82, 2.24) is 5.32 Å². The molecule has 0 bridgehead atoms. The second-order valence-electron chi connectivity index (χ2n) is 6.12. The van der Waals surface area contributed by atoms with E-state index in [0.717, 1.165) is 11.1 Å². The van der Waals surface area contributed by atoms with Gasteiger partial charge in [0.05, 0.1) is 16.1 Å². The number of carbonyl (C=O) groups is 3. The lowest BCUT2D eigenvalue weighted by Gasteiger charge is -2.07. The Kier molecular flexibility index (Phi) is 5.90. The summed E-state index contributed by atoms with van der Waals surface area (Å²) >= 11 is 1.20. The minimum atomic E-state index is -0.368. The molecule has 1 aromatic carbocycles. The van der Waals surface area contributed by atoms with E-state index in [9.17, 15) is 14.4 Å². The molecule has 3 rings (SSSR count). The molecule has 0 fully saturated rings. The molecule has 0 aliphatic heterocycles. The van der Waals surface area contributed by atoms with E-state index in [1.165, 1.54) is 24.5 Å². The van der Waals surface area contributed by atoms with Gasteiger partial charge >= 0.3 is 0 Å². The van der Waals surface area contributed by atoms with Gasteiger partial charge in [0.15, 0.2) is 5.76 Å². The van der Waals surface area contributed by atoms with Crippen molar-refractivity contribution in [2.75, 3.05) is 10.6 Å². The van der Waals surface area contributed by atoms with Crippen LogP contribution in [0.25, 0.3) is 0 Å². The predicted octanol–water partition coefficient (Wildman–Crippen LogP) is 3.79. The number of thiophene rings is 1. The van der Waals surface area contributed by atoms with E-state index in [1.54, 1.807) is 30.3 Å². The molecule has 7 nitrogen and oxygen atoms in total. The lowest BCUT2D eigenvalue weighted by Crippen LogP contribution is -2.22. The highest BCUT2D eigenvalue weighted by Gasteiger charge is 2.16. The third-order valence-corrected chi connectivity index (χ3v) is 4.96. The molecular formula is C20H19N3O4S. The number of rotatable bonds is 6. The zero-order valence-corrected chi connectivity index (χ0v) is 16.2. The Morgan fingerprint density at radius 1 is 1.04 bits per heavy atom. The van der Waals surface area contributed by atoms with Crippen molar-refractivity contribution >= 4 is 39.7 Å². The van der Waals surface area contributed by atoms with E-state index in [2.05, 4.69) is 16.0 Å². The molecule has 2 aromatic heterocycles. The number of furan rings is 1. The van der Waals surface area contributed by atoms with Crippen LogP contribution < -0.4 is 16.0 Å². The molecule has 8 heteroatoms. The lowest BCUT2D eigenvalue weighted by atomic mass is 10.2. The van der Waals surface area contributed by atoms with Gasteiger partial charge in [-0.15, -0.1) is 11.3 Å². The van der Waals surface area contributed by atoms with Crippen molar-refractivity contribution in [1.29, 1.82) is 0 Å². The van der Waals surface area contributed by atoms with Crippen LogP contribution in [0.5, 0.6) is 0 Å². The summed E-state index contributed by atoms with van der Waals surface area (Å²) in [4.78, 5) is 36.3. The van der Waals surface area contributed by atoms with Gasteiger partial charge in [-0.05, 0) is 48.4 Å². The van der Waals surface area contributed by atoms with Crippen LogP contribution in [0.4, 0.5) is 10.7 Å². The number of hydrogen-bond donors (Lipinski definition) is 3. The SMILES string of the molecule is CC(=O)Nc1cccc(CNC(=O)c2sc(NC(=O)c3ccco3)cc2C)c1. The summed E-state index contributed by atoms with van der Waals surface area (Å²) in [6.45, 7) is 3.57. The van der Waals surface area contributed by atoms with Crippen molar-refractivity contribution < 1.29 is 18.8 Å². The maximum atomic E-state index is 12.5. The second-order valence-corrected chi connectivity index (χ2v) is 7.17. The van der Waals surface area contributed by atoms with Gasteiger partial charge in [0, 0.05) is 19.2 Å². The molecule has 3 N–H and O–H groups in total. The highest BCUT2D eigenvalue weighted by atomic mass is 32.1. The van der Waals surface area contributed by atoms with Crippen LogP contribution >= 0.6 is 11.3 Å². The summed E-state index contributed by atoms with van der Waals surface area (Å²) in [5.41, 5.74) is 2.30. The fourth-order valence-electron chi connectivity index (χ4n) is 2.58. The molecule has 0 radical (unpaired) electrons. The van der Waals surface area contributed by atoms with Crippen molar-refractivity contribution in [3.05, 3.63) is 70.5 Å². The molecule has 0 saturated heterocycles. The van der Waals surface area contributed by atoms with Crippen LogP contribution in [0.1, 0.15) is 38.3 Å². The summed E-state index contributed by atoms with van der Waals surface area (Å²) in [6, 6.07) is 12.2. The van der Waals surface area contributed by atoms with E-state index in [-0.39, 0.29) is 23.5 Å². The second kappa shape index (κ2) is 8.53. The third kappa shape index (κ3) is 4.86. The van der Waals surface area contributed by atoms with E-state index in [0.29, 0.717) is 22.1 Å². The minimum absolute atomic E-state index is 0.153. The van der Waals surface area contributed by atoms with Crippen LogP contribution in [-0.2, 0) is 11.3 Å². The van der Waals surface area contributed by atoms with Gasteiger partial charge in [0.1, 0.15) is 0 Å². The summed E-state index contributed by atoms with van der Waals surface area (Å²) in [5.74, 6) is -0.547. The average Bonchev–Trinajstić information content (AvgIpc) is 3.29.